The fourth-order valence-electron chi connectivity index (χ4n) is 3.88. The highest BCUT2D eigenvalue weighted by Crippen LogP contribution is 2.43. The maximum Gasteiger partial charge on any atom is 0.300 e. The molecule has 6 nitrogen and oxygen atoms in total. The number of hydrogen-bond donors (Lipinski definition) is 1. The molecule has 162 valence electrons. The van der Waals surface area contributed by atoms with Crippen LogP contribution in [0.15, 0.2) is 71.0 Å². The van der Waals surface area contributed by atoms with Crippen LogP contribution in [-0.4, -0.2) is 28.9 Å². The summed E-state index contributed by atoms with van der Waals surface area (Å²) in [5.41, 5.74) is 3.46. The molecule has 1 aromatic heterocycles. The molecule has 0 spiro atoms. The number of aliphatic hydroxyl groups is 1. The molecule has 2 heterocycles. The molecule has 1 fully saturated rings. The van der Waals surface area contributed by atoms with Crippen molar-refractivity contribution in [3.63, 3.8) is 0 Å². The van der Waals surface area contributed by atoms with Gasteiger partial charge < -0.3 is 9.84 Å². The summed E-state index contributed by atoms with van der Waals surface area (Å²) in [5, 5.41) is 11.2. The number of carbonyl (C=O) groups is 2. The molecule has 0 saturated carbocycles. The average Bonchev–Trinajstić information content (AvgIpc) is 3.06. The van der Waals surface area contributed by atoms with Gasteiger partial charge in [-0.15, -0.1) is 0 Å². The Morgan fingerprint density at radius 3 is 2.56 bits per heavy atom. The Balaban J connectivity index is 1.96. The lowest BCUT2D eigenvalue weighted by Gasteiger charge is -2.27. The van der Waals surface area contributed by atoms with Gasteiger partial charge in [-0.1, -0.05) is 18.2 Å². The molecule has 0 bridgehead atoms. The lowest BCUT2D eigenvalue weighted by molar-refractivity contribution is -0.132. The van der Waals surface area contributed by atoms with Gasteiger partial charge in [0.2, 0.25) is 0 Å². The lowest BCUT2D eigenvalue weighted by Crippen LogP contribution is -2.30. The first kappa shape index (κ1) is 21.8. The topological polar surface area (TPSA) is 79.7 Å². The third-order valence-corrected chi connectivity index (χ3v) is 6.11. The van der Waals surface area contributed by atoms with E-state index in [9.17, 15) is 14.7 Å². The number of aryl methyl sites for hydroxylation is 2. The summed E-state index contributed by atoms with van der Waals surface area (Å²) in [6.07, 6.45) is 3.22. The van der Waals surface area contributed by atoms with Crippen LogP contribution in [0, 0.1) is 13.8 Å². The minimum Gasteiger partial charge on any atom is -0.507 e. The van der Waals surface area contributed by atoms with Gasteiger partial charge in [0, 0.05) is 23.6 Å². The van der Waals surface area contributed by atoms with E-state index in [4.69, 9.17) is 4.74 Å². The van der Waals surface area contributed by atoms with E-state index in [0.717, 1.165) is 11.1 Å². The van der Waals surface area contributed by atoms with E-state index >= 15 is 0 Å². The molecule has 2 aromatic carbocycles. The molecule has 1 N–H and O–H groups in total. The first-order chi connectivity index (χ1) is 15.3. The second-order valence-corrected chi connectivity index (χ2v) is 8.45. The normalized spacial score (nSPS) is 17.6. The van der Waals surface area contributed by atoms with Crippen LogP contribution in [0.1, 0.15) is 28.3 Å². The zero-order valence-electron chi connectivity index (χ0n) is 17.8. The van der Waals surface area contributed by atoms with Gasteiger partial charge in [-0.05, 0) is 76.8 Å². The first-order valence-electron chi connectivity index (χ1n) is 9.95. The van der Waals surface area contributed by atoms with Crippen LogP contribution in [0.3, 0.4) is 0 Å². The summed E-state index contributed by atoms with van der Waals surface area (Å²) in [6, 6.07) is 13.4. The van der Waals surface area contributed by atoms with Gasteiger partial charge in [-0.2, -0.15) is 0 Å². The molecular weight excluding hydrogens is 472 g/mol. The Kier molecular flexibility index (Phi) is 5.84. The molecule has 3 aromatic rings. The number of ketones is 1. The number of carbonyl (C=O) groups excluding carboxylic acids is 2. The highest BCUT2D eigenvalue weighted by Gasteiger charge is 2.47. The zero-order chi connectivity index (χ0) is 23.0. The summed E-state index contributed by atoms with van der Waals surface area (Å²) < 4.78 is 5.87. The van der Waals surface area contributed by atoms with Crippen molar-refractivity contribution in [2.75, 3.05) is 12.0 Å². The number of amides is 1. The van der Waals surface area contributed by atoms with Gasteiger partial charge in [0.1, 0.15) is 11.5 Å². The van der Waals surface area contributed by atoms with E-state index in [-0.39, 0.29) is 11.3 Å². The second-order valence-electron chi connectivity index (χ2n) is 7.59. The Hall–Kier alpha value is -3.45. The number of nitrogens with zero attached hydrogens (tertiary/aromatic N) is 2. The molecular formula is C25H21BrN2O4. The summed E-state index contributed by atoms with van der Waals surface area (Å²) >= 11 is 3.41. The van der Waals surface area contributed by atoms with Gasteiger partial charge in [0.15, 0.2) is 0 Å². The quantitative estimate of drug-likeness (QED) is 0.311. The molecule has 0 aliphatic carbocycles. The molecule has 1 unspecified atom stereocenters. The molecule has 1 atom stereocenters. The van der Waals surface area contributed by atoms with Crippen LogP contribution in [-0.2, 0) is 9.59 Å². The van der Waals surface area contributed by atoms with E-state index in [1.165, 1.54) is 12.0 Å². The van der Waals surface area contributed by atoms with E-state index in [1.807, 2.05) is 32.0 Å². The molecule has 32 heavy (non-hydrogen) atoms. The van der Waals surface area contributed by atoms with Crippen molar-refractivity contribution in [1.82, 2.24) is 4.98 Å². The molecule has 1 saturated heterocycles. The Morgan fingerprint density at radius 1 is 1.12 bits per heavy atom. The predicted molar refractivity (Wildman–Crippen MR) is 126 cm³/mol. The summed E-state index contributed by atoms with van der Waals surface area (Å²) in [7, 11) is 1.54. The fourth-order valence-corrected chi connectivity index (χ4v) is 4.42. The van der Waals surface area contributed by atoms with Crippen molar-refractivity contribution >= 4 is 39.1 Å². The third-order valence-electron chi connectivity index (χ3n) is 5.49. The van der Waals surface area contributed by atoms with Gasteiger partial charge >= 0.3 is 0 Å². The number of aliphatic hydroxyl groups excluding tert-OH is 1. The van der Waals surface area contributed by atoms with E-state index in [2.05, 4.69) is 20.9 Å². The largest absolute Gasteiger partial charge is 0.507 e. The van der Waals surface area contributed by atoms with Gasteiger partial charge in [-0.3, -0.25) is 19.5 Å². The Labute approximate surface area is 194 Å². The summed E-state index contributed by atoms with van der Waals surface area (Å²) in [5.74, 6) is -1.11. The minimum atomic E-state index is -0.815. The number of anilines is 1. The number of aromatic nitrogens is 1. The standard InChI is InChI=1S/C25H21BrN2O4/c1-14-6-7-15(2)19(11-14)28-22(17-5-4-10-27-13-17)21(24(30)25(28)31)23(29)16-8-9-20(32-3)18(26)12-16/h4-13,22,29H,1-3H3/b23-21-. The zero-order valence-corrected chi connectivity index (χ0v) is 19.4. The van der Waals surface area contributed by atoms with E-state index in [0.29, 0.717) is 27.0 Å². The van der Waals surface area contributed by atoms with Crippen LogP contribution in [0.4, 0.5) is 5.69 Å². The number of benzene rings is 2. The summed E-state index contributed by atoms with van der Waals surface area (Å²) in [6.45, 7) is 3.81. The Bertz CT molecular complexity index is 1250. The number of Topliss-reactive ketones (excluding diaryl/α,β-unsaturated/α-hetero) is 1. The van der Waals surface area contributed by atoms with Gasteiger partial charge in [0.05, 0.1) is 23.2 Å². The Morgan fingerprint density at radius 2 is 1.91 bits per heavy atom. The molecule has 1 aliphatic rings. The highest BCUT2D eigenvalue weighted by molar-refractivity contribution is 9.10. The molecule has 4 rings (SSSR count). The van der Waals surface area contributed by atoms with Gasteiger partial charge in [-0.25, -0.2) is 0 Å². The highest BCUT2D eigenvalue weighted by atomic mass is 79.9. The molecule has 0 radical (unpaired) electrons. The van der Waals surface area contributed by atoms with Crippen LogP contribution in [0.2, 0.25) is 0 Å². The van der Waals surface area contributed by atoms with E-state index < -0.39 is 17.7 Å². The van der Waals surface area contributed by atoms with Crippen molar-refractivity contribution in [3.05, 3.63) is 93.2 Å². The van der Waals surface area contributed by atoms with E-state index in [1.54, 1.807) is 42.7 Å². The number of pyridine rings is 1. The van der Waals surface area contributed by atoms with Gasteiger partial charge in [0.25, 0.3) is 11.7 Å². The molecule has 7 heteroatoms. The predicted octanol–water partition coefficient (Wildman–Crippen LogP) is 5.10. The average molecular weight is 493 g/mol. The van der Waals surface area contributed by atoms with Crippen molar-refractivity contribution in [1.29, 1.82) is 0 Å². The SMILES string of the molecule is COc1ccc(/C(O)=C2/C(=O)C(=O)N(c3cc(C)ccc3C)C2c2cccnc2)cc1Br. The summed E-state index contributed by atoms with van der Waals surface area (Å²) in [4.78, 5) is 32.1. The third kappa shape index (κ3) is 3.69. The number of methoxy groups -OCH3 is 1. The number of hydrogen-bond acceptors (Lipinski definition) is 5. The molecule has 1 aliphatic heterocycles. The second kappa shape index (κ2) is 8.59. The number of ether oxygens (including phenoxy) is 1. The van der Waals surface area contributed by atoms with Crippen LogP contribution in [0.25, 0.3) is 5.76 Å². The maximum atomic E-state index is 13.2. The number of halogens is 1. The van der Waals surface area contributed by atoms with Crippen molar-refractivity contribution in [2.24, 2.45) is 0 Å². The molecule has 1 amide bonds. The fraction of sp³-hybridized carbons (Fsp3) is 0.160. The van der Waals surface area contributed by atoms with Crippen LogP contribution < -0.4 is 9.64 Å². The smallest absolute Gasteiger partial charge is 0.300 e. The van der Waals surface area contributed by atoms with Crippen molar-refractivity contribution < 1.29 is 19.4 Å². The first-order valence-corrected chi connectivity index (χ1v) is 10.7. The van der Waals surface area contributed by atoms with Crippen LogP contribution in [0.5, 0.6) is 5.75 Å². The lowest BCUT2D eigenvalue weighted by atomic mass is 9.96. The number of rotatable bonds is 4. The van der Waals surface area contributed by atoms with Crippen molar-refractivity contribution in [2.45, 2.75) is 19.9 Å². The van der Waals surface area contributed by atoms with Crippen LogP contribution >= 0.6 is 15.9 Å². The maximum absolute atomic E-state index is 13.2. The van der Waals surface area contributed by atoms with Crippen molar-refractivity contribution in [3.8, 4) is 5.75 Å². The monoisotopic (exact) mass is 492 g/mol. The minimum absolute atomic E-state index is 0.0148.